The average molecular weight is 235 g/mol. The summed E-state index contributed by atoms with van der Waals surface area (Å²) in [4.78, 5) is 4.03. The van der Waals surface area contributed by atoms with Crippen LogP contribution < -0.4 is 5.73 Å². The highest BCUT2D eigenvalue weighted by molar-refractivity contribution is 5.38. The molecule has 0 amide bonds. The molecule has 4 nitrogen and oxygen atoms in total. The van der Waals surface area contributed by atoms with Gasteiger partial charge in [-0.15, -0.1) is 0 Å². The van der Waals surface area contributed by atoms with Crippen LogP contribution in [0.3, 0.4) is 0 Å². The number of benzene rings is 1. The van der Waals surface area contributed by atoms with Crippen LogP contribution in [0.25, 0.3) is 5.69 Å². The van der Waals surface area contributed by atoms with Gasteiger partial charge in [-0.3, -0.25) is 0 Å². The Morgan fingerprint density at radius 1 is 1.53 bits per heavy atom. The molecule has 0 spiro atoms. The van der Waals surface area contributed by atoms with Gasteiger partial charge in [-0.1, -0.05) is 6.07 Å². The minimum atomic E-state index is -0.831. The van der Waals surface area contributed by atoms with E-state index >= 15 is 0 Å². The van der Waals surface area contributed by atoms with Gasteiger partial charge >= 0.3 is 0 Å². The summed E-state index contributed by atoms with van der Waals surface area (Å²) in [6.07, 6.45) is 2.46. The molecule has 0 aliphatic heterocycles. The highest BCUT2D eigenvalue weighted by Gasteiger charge is 2.11. The Morgan fingerprint density at radius 3 is 2.82 bits per heavy atom. The first-order valence-electron chi connectivity index (χ1n) is 5.31. The Balaban J connectivity index is 2.42. The number of nitrogens with zero attached hydrogens (tertiary/aromatic N) is 2. The molecular weight excluding hydrogens is 221 g/mol. The van der Waals surface area contributed by atoms with Crippen LogP contribution in [0.15, 0.2) is 30.6 Å². The number of aromatic nitrogens is 2. The van der Waals surface area contributed by atoms with Gasteiger partial charge in [0, 0.05) is 18.9 Å². The van der Waals surface area contributed by atoms with E-state index in [1.165, 1.54) is 6.07 Å². The van der Waals surface area contributed by atoms with Gasteiger partial charge in [0.05, 0.1) is 11.8 Å². The summed E-state index contributed by atoms with van der Waals surface area (Å²) in [6.45, 7) is 1.87. The Bertz CT molecular complexity index is 524. The molecule has 0 bridgehead atoms. The van der Waals surface area contributed by atoms with Crippen molar-refractivity contribution in [2.24, 2.45) is 5.73 Å². The van der Waals surface area contributed by atoms with Crippen LogP contribution in [-0.2, 0) is 0 Å². The molecule has 17 heavy (non-hydrogen) atoms. The molecule has 0 saturated carbocycles. The number of rotatable bonds is 3. The Morgan fingerprint density at radius 2 is 2.29 bits per heavy atom. The number of halogens is 1. The Labute approximate surface area is 98.5 Å². The van der Waals surface area contributed by atoms with Crippen molar-refractivity contribution in [3.8, 4) is 5.69 Å². The molecule has 2 aromatic rings. The van der Waals surface area contributed by atoms with E-state index in [2.05, 4.69) is 4.98 Å². The number of nitrogens with two attached hydrogens (primary N) is 1. The lowest BCUT2D eigenvalue weighted by Crippen LogP contribution is -2.12. The highest BCUT2D eigenvalue weighted by atomic mass is 19.1. The number of aliphatic hydroxyl groups excluding tert-OH is 1. The van der Waals surface area contributed by atoms with Crippen LogP contribution in [0.2, 0.25) is 0 Å². The van der Waals surface area contributed by atoms with E-state index in [1.54, 1.807) is 36.0 Å². The van der Waals surface area contributed by atoms with Crippen LogP contribution in [0.5, 0.6) is 0 Å². The van der Waals surface area contributed by atoms with Crippen LogP contribution in [0, 0.1) is 12.7 Å². The van der Waals surface area contributed by atoms with Crippen molar-refractivity contribution in [1.29, 1.82) is 0 Å². The monoisotopic (exact) mass is 235 g/mol. The molecule has 1 atom stereocenters. The molecule has 1 unspecified atom stereocenters. The van der Waals surface area contributed by atoms with Gasteiger partial charge in [0.1, 0.15) is 11.6 Å². The van der Waals surface area contributed by atoms with Gasteiger partial charge < -0.3 is 15.4 Å². The zero-order valence-electron chi connectivity index (χ0n) is 9.47. The maximum Gasteiger partial charge on any atom is 0.147 e. The molecule has 0 aliphatic rings. The minimum absolute atomic E-state index is 0.0723. The third-order valence-electron chi connectivity index (χ3n) is 2.67. The van der Waals surface area contributed by atoms with E-state index in [0.29, 0.717) is 17.1 Å². The van der Waals surface area contributed by atoms with Crippen molar-refractivity contribution in [2.45, 2.75) is 13.0 Å². The van der Waals surface area contributed by atoms with Crippen molar-refractivity contribution in [3.63, 3.8) is 0 Å². The topological polar surface area (TPSA) is 64.1 Å². The van der Waals surface area contributed by atoms with E-state index < -0.39 is 11.9 Å². The summed E-state index contributed by atoms with van der Waals surface area (Å²) in [5.41, 5.74) is 6.21. The van der Waals surface area contributed by atoms with Gasteiger partial charge in [0.15, 0.2) is 0 Å². The van der Waals surface area contributed by atoms with Crippen molar-refractivity contribution >= 4 is 0 Å². The number of hydrogen-bond donors (Lipinski definition) is 2. The molecular formula is C12H14FN3O. The van der Waals surface area contributed by atoms with Crippen molar-refractivity contribution in [1.82, 2.24) is 9.55 Å². The molecule has 1 aromatic heterocycles. The molecule has 0 radical (unpaired) electrons. The predicted octanol–water partition coefficient (Wildman–Crippen LogP) is 1.31. The largest absolute Gasteiger partial charge is 0.387 e. The minimum Gasteiger partial charge on any atom is -0.387 e. The fraction of sp³-hybridized carbons (Fsp3) is 0.250. The SMILES string of the molecule is Cc1nccn1-c1ccc(C(O)CN)cc1F. The standard InChI is InChI=1S/C12H14FN3O/c1-8-15-4-5-16(8)11-3-2-9(6-10(11)13)12(17)7-14/h2-6,12,17H,7,14H2,1H3. The lowest BCUT2D eigenvalue weighted by molar-refractivity contribution is 0.186. The Hall–Kier alpha value is -1.72. The first kappa shape index (κ1) is 11.8. The molecule has 3 N–H and O–H groups in total. The van der Waals surface area contributed by atoms with Crippen LogP contribution in [-0.4, -0.2) is 21.2 Å². The van der Waals surface area contributed by atoms with E-state index in [-0.39, 0.29) is 6.54 Å². The summed E-state index contributed by atoms with van der Waals surface area (Å²) < 4.78 is 15.5. The van der Waals surface area contributed by atoms with E-state index in [9.17, 15) is 9.50 Å². The van der Waals surface area contributed by atoms with Crippen molar-refractivity contribution in [2.75, 3.05) is 6.54 Å². The van der Waals surface area contributed by atoms with Crippen LogP contribution in [0.4, 0.5) is 4.39 Å². The second kappa shape index (κ2) is 4.65. The lowest BCUT2D eigenvalue weighted by Gasteiger charge is -2.11. The average Bonchev–Trinajstić information content (AvgIpc) is 2.74. The number of aliphatic hydroxyl groups is 1. The molecule has 0 saturated heterocycles. The van der Waals surface area contributed by atoms with Gasteiger partial charge in [-0.05, 0) is 24.6 Å². The maximum absolute atomic E-state index is 13.9. The van der Waals surface area contributed by atoms with E-state index in [1.807, 2.05) is 0 Å². The zero-order chi connectivity index (χ0) is 12.4. The summed E-state index contributed by atoms with van der Waals surface area (Å²) in [5.74, 6) is 0.298. The normalized spacial score (nSPS) is 12.7. The smallest absolute Gasteiger partial charge is 0.147 e. The Kier molecular flexibility index (Phi) is 3.21. The summed E-state index contributed by atoms with van der Waals surface area (Å²) in [7, 11) is 0. The maximum atomic E-state index is 13.9. The zero-order valence-corrected chi connectivity index (χ0v) is 9.47. The first-order valence-corrected chi connectivity index (χ1v) is 5.31. The van der Waals surface area contributed by atoms with Crippen molar-refractivity contribution < 1.29 is 9.50 Å². The molecule has 5 heteroatoms. The molecule has 1 aromatic carbocycles. The third-order valence-corrected chi connectivity index (χ3v) is 2.67. The van der Waals surface area contributed by atoms with Gasteiger partial charge in [-0.2, -0.15) is 0 Å². The van der Waals surface area contributed by atoms with Gasteiger partial charge in [-0.25, -0.2) is 9.37 Å². The van der Waals surface area contributed by atoms with Crippen LogP contribution >= 0.6 is 0 Å². The van der Waals surface area contributed by atoms with Gasteiger partial charge in [0.25, 0.3) is 0 Å². The number of imidazole rings is 1. The molecule has 0 fully saturated rings. The first-order chi connectivity index (χ1) is 8.13. The number of hydrogen-bond acceptors (Lipinski definition) is 3. The van der Waals surface area contributed by atoms with Gasteiger partial charge in [0.2, 0.25) is 0 Å². The quantitative estimate of drug-likeness (QED) is 0.843. The second-order valence-electron chi connectivity index (χ2n) is 3.81. The predicted molar refractivity (Wildman–Crippen MR) is 62.3 cm³/mol. The van der Waals surface area contributed by atoms with Crippen molar-refractivity contribution in [3.05, 3.63) is 47.8 Å². The van der Waals surface area contributed by atoms with E-state index in [4.69, 9.17) is 5.73 Å². The molecule has 1 heterocycles. The summed E-state index contributed by atoms with van der Waals surface area (Å²) in [6, 6.07) is 4.57. The number of aryl methyl sites for hydroxylation is 1. The summed E-state index contributed by atoms with van der Waals surface area (Å²) >= 11 is 0. The van der Waals surface area contributed by atoms with E-state index in [0.717, 1.165) is 0 Å². The molecule has 0 aliphatic carbocycles. The highest BCUT2D eigenvalue weighted by Crippen LogP contribution is 2.20. The summed E-state index contributed by atoms with van der Waals surface area (Å²) in [5, 5.41) is 9.52. The molecule has 2 rings (SSSR count). The molecule has 90 valence electrons. The fourth-order valence-electron chi connectivity index (χ4n) is 1.69. The lowest BCUT2D eigenvalue weighted by atomic mass is 10.1. The third kappa shape index (κ3) is 2.20. The second-order valence-corrected chi connectivity index (χ2v) is 3.81. The van der Waals surface area contributed by atoms with Crippen LogP contribution in [0.1, 0.15) is 17.5 Å². The fourth-order valence-corrected chi connectivity index (χ4v) is 1.69.